The van der Waals surface area contributed by atoms with E-state index in [9.17, 15) is 19.5 Å². The fourth-order valence-corrected chi connectivity index (χ4v) is 3.49. The van der Waals surface area contributed by atoms with Crippen molar-refractivity contribution in [3.8, 4) is 0 Å². The van der Waals surface area contributed by atoms with Crippen LogP contribution in [0.2, 0.25) is 0 Å². The maximum atomic E-state index is 12.5. The van der Waals surface area contributed by atoms with Crippen LogP contribution < -0.4 is 5.32 Å². The number of carboxylic acids is 2. The Bertz CT molecular complexity index is 700. The molecule has 25 heavy (non-hydrogen) atoms. The number of carbonyl (C=O) groups excluding carboxylic acids is 1. The number of pyridine rings is 1. The molecule has 1 saturated heterocycles. The maximum Gasteiger partial charge on any atom is 0.326 e. The number of fused-ring (bicyclic) bond motifs is 1. The molecule has 2 aliphatic rings. The van der Waals surface area contributed by atoms with Crippen molar-refractivity contribution in [2.24, 2.45) is 0 Å². The molecular weight excluding hydrogens is 326 g/mol. The van der Waals surface area contributed by atoms with Gasteiger partial charge in [-0.2, -0.15) is 0 Å². The number of nitrogens with one attached hydrogen (secondary N) is 1. The van der Waals surface area contributed by atoms with Crippen LogP contribution in [0.25, 0.3) is 0 Å². The number of piperidine rings is 1. The summed E-state index contributed by atoms with van der Waals surface area (Å²) in [5.41, 5.74) is 1.94. The summed E-state index contributed by atoms with van der Waals surface area (Å²) >= 11 is 0. The van der Waals surface area contributed by atoms with E-state index in [0.29, 0.717) is 17.2 Å². The van der Waals surface area contributed by atoms with Gasteiger partial charge in [-0.05, 0) is 44.5 Å². The third-order valence-corrected chi connectivity index (χ3v) is 4.86. The molecule has 0 saturated carbocycles. The zero-order valence-corrected chi connectivity index (χ0v) is 13.8. The molecule has 0 aromatic carbocycles. The van der Waals surface area contributed by atoms with Crippen LogP contribution in [0.1, 0.15) is 53.3 Å². The Kier molecular flexibility index (Phi) is 4.98. The summed E-state index contributed by atoms with van der Waals surface area (Å²) in [5.74, 6) is -2.32. The van der Waals surface area contributed by atoms with Gasteiger partial charge in [-0.1, -0.05) is 0 Å². The van der Waals surface area contributed by atoms with Crippen LogP contribution in [0.3, 0.4) is 0 Å². The summed E-state index contributed by atoms with van der Waals surface area (Å²) in [6.07, 6.45) is 1.55. The zero-order valence-electron chi connectivity index (χ0n) is 13.8. The smallest absolute Gasteiger partial charge is 0.326 e. The first-order valence-electron chi connectivity index (χ1n) is 8.43. The maximum absolute atomic E-state index is 12.5. The molecule has 0 spiro atoms. The molecule has 3 rings (SSSR count). The van der Waals surface area contributed by atoms with E-state index in [-0.39, 0.29) is 19.4 Å². The standard InChI is InChI=1S/C17H21N3O5/c21-15(22)4-3-14(17(24)25)20-9-13-11(16(20)23)1-2-12(19-13)10-5-7-18-8-6-10/h1-2,10,14,18H,3-9H2,(H,21,22)(H,24,25). The first kappa shape index (κ1) is 17.3. The van der Waals surface area contributed by atoms with Crippen molar-refractivity contribution >= 4 is 17.8 Å². The van der Waals surface area contributed by atoms with Gasteiger partial charge in [0.25, 0.3) is 5.91 Å². The Labute approximate surface area is 144 Å². The Balaban J connectivity index is 1.79. The van der Waals surface area contributed by atoms with Gasteiger partial charge in [0, 0.05) is 18.0 Å². The van der Waals surface area contributed by atoms with Crippen LogP contribution in [0.5, 0.6) is 0 Å². The number of carboxylic acid groups (broad SMARTS) is 2. The molecule has 3 heterocycles. The molecule has 8 heteroatoms. The number of hydrogen-bond donors (Lipinski definition) is 3. The minimum absolute atomic E-state index is 0.115. The topological polar surface area (TPSA) is 120 Å². The van der Waals surface area contributed by atoms with E-state index in [0.717, 1.165) is 31.6 Å². The van der Waals surface area contributed by atoms with Crippen molar-refractivity contribution in [3.05, 3.63) is 29.1 Å². The van der Waals surface area contributed by atoms with Crippen molar-refractivity contribution in [1.29, 1.82) is 0 Å². The Morgan fingerprint density at radius 2 is 2.00 bits per heavy atom. The molecule has 8 nitrogen and oxygen atoms in total. The molecule has 1 aromatic rings. The van der Waals surface area contributed by atoms with Crippen molar-refractivity contribution in [1.82, 2.24) is 15.2 Å². The Morgan fingerprint density at radius 3 is 2.64 bits per heavy atom. The monoisotopic (exact) mass is 347 g/mol. The van der Waals surface area contributed by atoms with Crippen molar-refractivity contribution in [3.63, 3.8) is 0 Å². The highest BCUT2D eigenvalue weighted by Crippen LogP contribution is 2.29. The van der Waals surface area contributed by atoms with Gasteiger partial charge in [-0.25, -0.2) is 4.79 Å². The lowest BCUT2D eigenvalue weighted by Gasteiger charge is -2.23. The second-order valence-corrected chi connectivity index (χ2v) is 6.47. The number of carbonyl (C=O) groups is 3. The van der Waals surface area contributed by atoms with E-state index in [1.807, 2.05) is 6.07 Å². The number of hydrogen-bond acceptors (Lipinski definition) is 5. The van der Waals surface area contributed by atoms with Crippen LogP contribution in [-0.4, -0.2) is 57.1 Å². The van der Waals surface area contributed by atoms with Gasteiger partial charge in [0.2, 0.25) is 0 Å². The highest BCUT2D eigenvalue weighted by molar-refractivity contribution is 6.00. The first-order chi connectivity index (χ1) is 12.0. The van der Waals surface area contributed by atoms with E-state index >= 15 is 0 Å². The number of nitrogens with zero attached hydrogens (tertiary/aromatic N) is 2. The van der Waals surface area contributed by atoms with E-state index in [2.05, 4.69) is 10.3 Å². The average Bonchev–Trinajstić information content (AvgIpc) is 2.91. The van der Waals surface area contributed by atoms with Gasteiger partial charge >= 0.3 is 11.9 Å². The van der Waals surface area contributed by atoms with Gasteiger partial charge in [-0.3, -0.25) is 14.6 Å². The van der Waals surface area contributed by atoms with E-state index in [4.69, 9.17) is 5.11 Å². The molecule has 1 aromatic heterocycles. The summed E-state index contributed by atoms with van der Waals surface area (Å²) in [6.45, 7) is 1.99. The number of aliphatic carboxylic acids is 2. The second kappa shape index (κ2) is 7.18. The van der Waals surface area contributed by atoms with Gasteiger partial charge < -0.3 is 20.4 Å². The Hall–Kier alpha value is -2.48. The lowest BCUT2D eigenvalue weighted by Crippen LogP contribution is -2.41. The summed E-state index contributed by atoms with van der Waals surface area (Å²) < 4.78 is 0. The molecule has 1 amide bonds. The summed E-state index contributed by atoms with van der Waals surface area (Å²) in [4.78, 5) is 40.6. The molecule has 1 unspecified atom stereocenters. The molecular formula is C17H21N3O5. The minimum Gasteiger partial charge on any atom is -0.481 e. The summed E-state index contributed by atoms with van der Waals surface area (Å²) in [7, 11) is 0. The first-order valence-corrected chi connectivity index (χ1v) is 8.43. The average molecular weight is 347 g/mol. The summed E-state index contributed by atoms with van der Waals surface area (Å²) in [6, 6.07) is 2.42. The van der Waals surface area contributed by atoms with Crippen LogP contribution >= 0.6 is 0 Å². The molecule has 0 aliphatic carbocycles. The van der Waals surface area contributed by atoms with E-state index < -0.39 is 23.9 Å². The predicted octanol–water partition coefficient (Wildman–Crippen LogP) is 0.822. The largest absolute Gasteiger partial charge is 0.481 e. The molecule has 1 atom stereocenters. The number of aromatic nitrogens is 1. The van der Waals surface area contributed by atoms with Crippen molar-refractivity contribution in [2.75, 3.05) is 13.1 Å². The normalized spacial score (nSPS) is 18.9. The fourth-order valence-electron chi connectivity index (χ4n) is 3.49. The van der Waals surface area contributed by atoms with Crippen LogP contribution in [-0.2, 0) is 16.1 Å². The second-order valence-electron chi connectivity index (χ2n) is 6.47. The third kappa shape index (κ3) is 3.63. The van der Waals surface area contributed by atoms with Gasteiger partial charge in [0.05, 0.1) is 17.8 Å². The van der Waals surface area contributed by atoms with Crippen molar-refractivity contribution in [2.45, 2.75) is 44.2 Å². The van der Waals surface area contributed by atoms with Crippen LogP contribution in [0.15, 0.2) is 12.1 Å². The van der Waals surface area contributed by atoms with Crippen molar-refractivity contribution < 1.29 is 24.6 Å². The predicted molar refractivity (Wildman–Crippen MR) is 87.2 cm³/mol. The number of amides is 1. The lowest BCUT2D eigenvalue weighted by molar-refractivity contribution is -0.143. The molecule has 134 valence electrons. The SMILES string of the molecule is O=C(O)CCC(C(=O)O)N1Cc2nc(C3CCNCC3)ccc2C1=O. The minimum atomic E-state index is -1.19. The fraction of sp³-hybridized carbons (Fsp3) is 0.529. The third-order valence-electron chi connectivity index (χ3n) is 4.86. The van der Waals surface area contributed by atoms with Crippen LogP contribution in [0.4, 0.5) is 0 Å². The van der Waals surface area contributed by atoms with Gasteiger partial charge in [0.15, 0.2) is 0 Å². The highest BCUT2D eigenvalue weighted by Gasteiger charge is 2.37. The Morgan fingerprint density at radius 1 is 1.28 bits per heavy atom. The van der Waals surface area contributed by atoms with E-state index in [1.54, 1.807) is 6.07 Å². The zero-order chi connectivity index (χ0) is 18.0. The van der Waals surface area contributed by atoms with Gasteiger partial charge in [-0.15, -0.1) is 0 Å². The number of rotatable bonds is 6. The molecule has 3 N–H and O–H groups in total. The van der Waals surface area contributed by atoms with E-state index in [1.165, 1.54) is 4.90 Å². The molecule has 0 radical (unpaired) electrons. The molecule has 2 aliphatic heterocycles. The molecule has 1 fully saturated rings. The highest BCUT2D eigenvalue weighted by atomic mass is 16.4. The summed E-state index contributed by atoms with van der Waals surface area (Å²) in [5, 5.41) is 21.5. The molecule has 0 bridgehead atoms. The lowest BCUT2D eigenvalue weighted by atomic mass is 9.93. The quantitative estimate of drug-likeness (QED) is 0.697. The van der Waals surface area contributed by atoms with Gasteiger partial charge in [0.1, 0.15) is 6.04 Å². The van der Waals surface area contributed by atoms with Crippen LogP contribution in [0, 0.1) is 0 Å².